The summed E-state index contributed by atoms with van der Waals surface area (Å²) in [5.41, 5.74) is 2.34. The molecule has 8 heteroatoms. The van der Waals surface area contributed by atoms with Crippen LogP contribution in [0.25, 0.3) is 0 Å². The Morgan fingerprint density at radius 3 is 2.38 bits per heavy atom. The van der Waals surface area contributed by atoms with Crippen LogP contribution in [-0.2, 0) is 23.2 Å². The van der Waals surface area contributed by atoms with Crippen molar-refractivity contribution in [1.29, 1.82) is 0 Å². The van der Waals surface area contributed by atoms with Crippen molar-refractivity contribution in [3.8, 4) is 0 Å². The van der Waals surface area contributed by atoms with Gasteiger partial charge in [0.05, 0.1) is 0 Å². The number of nitrogens with one attached hydrogen (secondary N) is 1. The maximum atomic E-state index is 12.8. The van der Waals surface area contributed by atoms with Crippen LogP contribution in [-0.4, -0.2) is 48.4 Å². The number of rotatable bonds is 4. The number of anilines is 1. The van der Waals surface area contributed by atoms with E-state index in [1.807, 2.05) is 18.2 Å². The Labute approximate surface area is 154 Å². The van der Waals surface area contributed by atoms with Crippen LogP contribution in [0, 0.1) is 0 Å². The Balaban J connectivity index is 1.36. The minimum atomic E-state index is -3.47. The lowest BCUT2D eigenvalue weighted by Crippen LogP contribution is -2.50. The van der Waals surface area contributed by atoms with E-state index in [1.54, 1.807) is 22.8 Å². The van der Waals surface area contributed by atoms with Gasteiger partial charge in [-0.05, 0) is 36.5 Å². The SMILES string of the molecule is O=S(=O)(NC1CCN(c2ncccn2)CC1)N1CCc2ccccc2C1. The maximum Gasteiger partial charge on any atom is 0.280 e. The maximum absolute atomic E-state index is 12.8. The first-order chi connectivity index (χ1) is 12.6. The molecule has 2 aliphatic rings. The van der Waals surface area contributed by atoms with Crippen LogP contribution >= 0.6 is 0 Å². The Morgan fingerprint density at radius 2 is 1.65 bits per heavy atom. The molecule has 7 nitrogen and oxygen atoms in total. The molecule has 4 rings (SSSR count). The molecule has 0 spiro atoms. The summed E-state index contributed by atoms with van der Waals surface area (Å²) in [5, 5.41) is 0. The fraction of sp³-hybridized carbons (Fsp3) is 0.444. The van der Waals surface area contributed by atoms with Crippen molar-refractivity contribution in [2.75, 3.05) is 24.5 Å². The Morgan fingerprint density at radius 1 is 0.962 bits per heavy atom. The van der Waals surface area contributed by atoms with E-state index < -0.39 is 10.2 Å². The monoisotopic (exact) mass is 373 g/mol. The second-order valence-corrected chi connectivity index (χ2v) is 8.49. The van der Waals surface area contributed by atoms with Gasteiger partial charge in [-0.15, -0.1) is 0 Å². The predicted molar refractivity (Wildman–Crippen MR) is 99.9 cm³/mol. The van der Waals surface area contributed by atoms with Crippen molar-refractivity contribution in [3.05, 3.63) is 53.9 Å². The first-order valence-electron chi connectivity index (χ1n) is 8.98. The number of benzene rings is 1. The van der Waals surface area contributed by atoms with Crippen LogP contribution in [0.15, 0.2) is 42.7 Å². The standard InChI is InChI=1S/C18H23N5O2S/c24-26(25,23-13-6-15-4-1-2-5-16(15)14-23)21-17-7-11-22(12-8-17)18-19-9-3-10-20-18/h1-5,9-10,17,21H,6-8,11-14H2. The molecule has 3 heterocycles. The second-order valence-electron chi connectivity index (χ2n) is 6.79. The Kier molecular flexibility index (Phi) is 4.88. The quantitative estimate of drug-likeness (QED) is 0.875. The lowest BCUT2D eigenvalue weighted by atomic mass is 10.0. The topological polar surface area (TPSA) is 78.4 Å². The molecule has 1 saturated heterocycles. The molecule has 0 atom stereocenters. The van der Waals surface area contributed by atoms with E-state index in [1.165, 1.54) is 5.56 Å². The largest absolute Gasteiger partial charge is 0.341 e. The van der Waals surface area contributed by atoms with E-state index >= 15 is 0 Å². The zero-order valence-corrected chi connectivity index (χ0v) is 15.4. The van der Waals surface area contributed by atoms with Gasteiger partial charge in [-0.3, -0.25) is 0 Å². The molecule has 1 aromatic heterocycles. The minimum absolute atomic E-state index is 0.0443. The van der Waals surface area contributed by atoms with Gasteiger partial charge in [-0.1, -0.05) is 24.3 Å². The fourth-order valence-electron chi connectivity index (χ4n) is 3.61. The molecular formula is C18H23N5O2S. The average molecular weight is 373 g/mol. The van der Waals surface area contributed by atoms with Crippen molar-refractivity contribution < 1.29 is 8.42 Å². The van der Waals surface area contributed by atoms with Gasteiger partial charge in [-0.25, -0.2) is 9.97 Å². The van der Waals surface area contributed by atoms with Crippen molar-refractivity contribution in [2.45, 2.75) is 31.8 Å². The number of hydrogen-bond acceptors (Lipinski definition) is 5. The van der Waals surface area contributed by atoms with Crippen LogP contribution in [0.3, 0.4) is 0 Å². The van der Waals surface area contributed by atoms with Gasteiger partial charge in [0.1, 0.15) is 0 Å². The molecule has 1 aromatic carbocycles. The summed E-state index contributed by atoms with van der Waals surface area (Å²) >= 11 is 0. The number of aromatic nitrogens is 2. The highest BCUT2D eigenvalue weighted by Gasteiger charge is 2.30. The van der Waals surface area contributed by atoms with E-state index in [0.717, 1.165) is 37.9 Å². The van der Waals surface area contributed by atoms with Crippen molar-refractivity contribution >= 4 is 16.2 Å². The molecule has 0 aliphatic carbocycles. The normalized spacial score (nSPS) is 19.3. The van der Waals surface area contributed by atoms with Crippen LogP contribution in [0.4, 0.5) is 5.95 Å². The molecule has 1 N–H and O–H groups in total. The van der Waals surface area contributed by atoms with Crippen molar-refractivity contribution in [3.63, 3.8) is 0 Å². The van der Waals surface area contributed by atoms with Gasteiger partial charge < -0.3 is 4.90 Å². The van der Waals surface area contributed by atoms with E-state index in [9.17, 15) is 8.42 Å². The first-order valence-corrected chi connectivity index (χ1v) is 10.4. The van der Waals surface area contributed by atoms with E-state index in [0.29, 0.717) is 19.0 Å². The molecule has 0 saturated carbocycles. The zero-order valence-electron chi connectivity index (χ0n) is 14.6. The summed E-state index contributed by atoms with van der Waals surface area (Å²) < 4.78 is 30.0. The number of fused-ring (bicyclic) bond motifs is 1. The fourth-order valence-corrected chi connectivity index (χ4v) is 5.06. The molecule has 2 aromatic rings. The minimum Gasteiger partial charge on any atom is -0.341 e. The lowest BCUT2D eigenvalue weighted by molar-refractivity contribution is 0.369. The molecule has 1 fully saturated rings. The Hall–Kier alpha value is -2.03. The number of piperidine rings is 1. The summed E-state index contributed by atoms with van der Waals surface area (Å²) in [5.74, 6) is 0.710. The van der Waals surface area contributed by atoms with Gasteiger partial charge in [0, 0.05) is 44.6 Å². The molecular weight excluding hydrogens is 350 g/mol. The smallest absolute Gasteiger partial charge is 0.280 e. The lowest BCUT2D eigenvalue weighted by Gasteiger charge is -2.34. The Bertz CT molecular complexity index is 851. The third-order valence-corrected chi connectivity index (χ3v) is 6.70. The summed E-state index contributed by atoms with van der Waals surface area (Å²) in [6.45, 7) is 2.48. The van der Waals surface area contributed by atoms with Gasteiger partial charge in [0.15, 0.2) is 0 Å². The van der Waals surface area contributed by atoms with Gasteiger partial charge in [0.2, 0.25) is 5.95 Å². The third-order valence-electron chi connectivity index (χ3n) is 5.08. The average Bonchev–Trinajstić information content (AvgIpc) is 2.68. The van der Waals surface area contributed by atoms with Gasteiger partial charge in [-0.2, -0.15) is 17.4 Å². The third kappa shape index (κ3) is 3.72. The first kappa shape index (κ1) is 17.4. The highest BCUT2D eigenvalue weighted by Crippen LogP contribution is 2.22. The molecule has 0 amide bonds. The van der Waals surface area contributed by atoms with Crippen LogP contribution in [0.1, 0.15) is 24.0 Å². The molecule has 0 bridgehead atoms. The molecule has 0 radical (unpaired) electrons. The molecule has 0 unspecified atom stereocenters. The van der Waals surface area contributed by atoms with Crippen LogP contribution < -0.4 is 9.62 Å². The number of nitrogens with zero attached hydrogens (tertiary/aromatic N) is 4. The summed E-state index contributed by atoms with van der Waals surface area (Å²) in [6.07, 6.45) is 5.72. The second kappa shape index (κ2) is 7.30. The van der Waals surface area contributed by atoms with Gasteiger partial charge >= 0.3 is 0 Å². The number of hydrogen-bond donors (Lipinski definition) is 1. The highest BCUT2D eigenvalue weighted by atomic mass is 32.2. The highest BCUT2D eigenvalue weighted by molar-refractivity contribution is 7.87. The van der Waals surface area contributed by atoms with E-state index in [-0.39, 0.29) is 6.04 Å². The summed E-state index contributed by atoms with van der Waals surface area (Å²) in [6, 6.07) is 9.80. The van der Waals surface area contributed by atoms with E-state index in [4.69, 9.17) is 0 Å². The van der Waals surface area contributed by atoms with Crippen LogP contribution in [0.5, 0.6) is 0 Å². The van der Waals surface area contributed by atoms with Crippen molar-refractivity contribution in [2.24, 2.45) is 0 Å². The van der Waals surface area contributed by atoms with Crippen LogP contribution in [0.2, 0.25) is 0 Å². The molecule has 138 valence electrons. The summed E-state index contributed by atoms with van der Waals surface area (Å²) in [7, 11) is -3.47. The van der Waals surface area contributed by atoms with E-state index in [2.05, 4.69) is 25.7 Å². The molecule has 26 heavy (non-hydrogen) atoms. The predicted octanol–water partition coefficient (Wildman–Crippen LogP) is 1.34. The van der Waals surface area contributed by atoms with Crippen molar-refractivity contribution in [1.82, 2.24) is 19.0 Å². The summed E-state index contributed by atoms with van der Waals surface area (Å²) in [4.78, 5) is 10.6. The zero-order chi connectivity index (χ0) is 18.0. The molecule has 2 aliphatic heterocycles. The van der Waals surface area contributed by atoms with Gasteiger partial charge in [0.25, 0.3) is 10.2 Å².